The van der Waals surface area contributed by atoms with Gasteiger partial charge in [-0.1, -0.05) is 12.1 Å². The zero-order valence-corrected chi connectivity index (χ0v) is 17.7. The topological polar surface area (TPSA) is 73.0 Å². The van der Waals surface area contributed by atoms with Gasteiger partial charge in [0.1, 0.15) is 5.82 Å². The molecule has 4 rings (SSSR count). The summed E-state index contributed by atoms with van der Waals surface area (Å²) in [6.45, 7) is 2.47. The summed E-state index contributed by atoms with van der Waals surface area (Å²) >= 11 is 0. The van der Waals surface area contributed by atoms with E-state index < -0.39 is 0 Å². The van der Waals surface area contributed by atoms with Crippen LogP contribution >= 0.6 is 0 Å². The number of piperazine rings is 1. The van der Waals surface area contributed by atoms with Crippen molar-refractivity contribution in [2.24, 2.45) is 0 Å². The first kappa shape index (κ1) is 21.5. The number of hydrogen-bond donors (Lipinski definition) is 1. The molecule has 0 aromatic heterocycles. The molecule has 32 heavy (non-hydrogen) atoms. The maximum Gasteiger partial charge on any atom is 0.321 e. The van der Waals surface area contributed by atoms with Crippen LogP contribution in [0.15, 0.2) is 54.6 Å². The average Bonchev–Trinajstić information content (AvgIpc) is 3.25. The number of anilines is 2. The number of halogens is 1. The predicted molar refractivity (Wildman–Crippen MR) is 121 cm³/mol. The van der Waals surface area contributed by atoms with Crippen LogP contribution in [0.4, 0.5) is 20.6 Å². The number of hydrogen-bond acceptors (Lipinski definition) is 3. The van der Waals surface area contributed by atoms with Gasteiger partial charge in [-0.15, -0.1) is 0 Å². The molecule has 7 nitrogen and oxygen atoms in total. The van der Waals surface area contributed by atoms with E-state index in [2.05, 4.69) is 5.32 Å². The van der Waals surface area contributed by atoms with E-state index in [4.69, 9.17) is 0 Å². The number of carbonyl (C=O) groups excluding carboxylic acids is 3. The van der Waals surface area contributed by atoms with E-state index in [0.717, 1.165) is 24.2 Å². The Balaban J connectivity index is 1.26. The van der Waals surface area contributed by atoms with E-state index in [0.29, 0.717) is 38.3 Å². The molecule has 0 aliphatic carbocycles. The van der Waals surface area contributed by atoms with Gasteiger partial charge in [0.2, 0.25) is 11.8 Å². The second-order valence-corrected chi connectivity index (χ2v) is 7.82. The van der Waals surface area contributed by atoms with Crippen molar-refractivity contribution in [3.05, 3.63) is 66.0 Å². The highest BCUT2D eigenvalue weighted by Gasteiger charge is 2.23. The molecule has 166 valence electrons. The molecule has 0 unspecified atom stereocenters. The number of nitrogens with one attached hydrogen (secondary N) is 1. The molecule has 2 aromatic carbocycles. The molecular formula is C24H25FN4O3. The number of carbonyl (C=O) groups is 3. The molecule has 0 radical (unpaired) electrons. The highest BCUT2D eigenvalue weighted by molar-refractivity contribution is 5.96. The van der Waals surface area contributed by atoms with Crippen molar-refractivity contribution in [1.82, 2.24) is 9.80 Å². The van der Waals surface area contributed by atoms with E-state index in [-0.39, 0.29) is 23.7 Å². The minimum absolute atomic E-state index is 0.109. The van der Waals surface area contributed by atoms with Gasteiger partial charge in [-0.25, -0.2) is 9.18 Å². The van der Waals surface area contributed by atoms with E-state index in [1.165, 1.54) is 30.3 Å². The molecular weight excluding hydrogens is 411 g/mol. The summed E-state index contributed by atoms with van der Waals surface area (Å²) in [6, 6.07) is 12.9. The Bertz CT molecular complexity index is 1010. The van der Waals surface area contributed by atoms with Gasteiger partial charge < -0.3 is 20.0 Å². The third kappa shape index (κ3) is 5.14. The van der Waals surface area contributed by atoms with Crippen molar-refractivity contribution in [3.63, 3.8) is 0 Å². The lowest BCUT2D eigenvalue weighted by molar-refractivity contribution is -0.127. The second-order valence-electron chi connectivity index (χ2n) is 7.82. The maximum absolute atomic E-state index is 13.0. The van der Waals surface area contributed by atoms with Crippen LogP contribution in [0.2, 0.25) is 0 Å². The molecule has 8 heteroatoms. The monoisotopic (exact) mass is 436 g/mol. The first-order valence-corrected chi connectivity index (χ1v) is 10.7. The molecule has 2 heterocycles. The average molecular weight is 436 g/mol. The lowest BCUT2D eigenvalue weighted by Crippen LogP contribution is -2.51. The standard InChI is InChI=1S/C24H25FN4O3/c25-19-6-8-20(9-7-19)26-24(32)28-16-14-27(15-17-28)22(30)12-5-18-3-10-21(11-4-18)29-13-1-2-23(29)31/h3-12H,1-2,13-17H2,(H,26,32)/b12-5+. The highest BCUT2D eigenvalue weighted by Crippen LogP contribution is 2.22. The molecule has 0 saturated carbocycles. The molecule has 4 amide bonds. The minimum atomic E-state index is -0.360. The summed E-state index contributed by atoms with van der Waals surface area (Å²) in [5.41, 5.74) is 2.29. The van der Waals surface area contributed by atoms with Crippen LogP contribution in [-0.4, -0.2) is 60.4 Å². The van der Waals surface area contributed by atoms with E-state index in [1.54, 1.807) is 20.8 Å². The third-order valence-electron chi connectivity index (χ3n) is 5.67. The van der Waals surface area contributed by atoms with E-state index in [1.807, 2.05) is 24.3 Å². The van der Waals surface area contributed by atoms with Gasteiger partial charge in [0.25, 0.3) is 0 Å². The second kappa shape index (κ2) is 9.64. The van der Waals surface area contributed by atoms with Crippen molar-refractivity contribution < 1.29 is 18.8 Å². The predicted octanol–water partition coefficient (Wildman–Crippen LogP) is 3.34. The lowest BCUT2D eigenvalue weighted by atomic mass is 10.1. The summed E-state index contributed by atoms with van der Waals surface area (Å²) in [5.74, 6) is -0.322. The van der Waals surface area contributed by atoms with E-state index >= 15 is 0 Å². The molecule has 2 fully saturated rings. The van der Waals surface area contributed by atoms with Gasteiger partial charge in [-0.3, -0.25) is 9.59 Å². The number of benzene rings is 2. The normalized spacial score (nSPS) is 16.7. The van der Waals surface area contributed by atoms with Crippen LogP contribution in [0, 0.1) is 5.82 Å². The van der Waals surface area contributed by atoms with Crippen LogP contribution in [0.3, 0.4) is 0 Å². The first-order valence-electron chi connectivity index (χ1n) is 10.7. The summed E-state index contributed by atoms with van der Waals surface area (Å²) < 4.78 is 13.0. The van der Waals surface area contributed by atoms with Crippen LogP contribution in [0.25, 0.3) is 6.08 Å². The van der Waals surface area contributed by atoms with Crippen LogP contribution < -0.4 is 10.2 Å². The van der Waals surface area contributed by atoms with Crippen LogP contribution in [0.5, 0.6) is 0 Å². The molecule has 0 bridgehead atoms. The van der Waals surface area contributed by atoms with Gasteiger partial charge in [0.15, 0.2) is 0 Å². The maximum atomic E-state index is 13.0. The largest absolute Gasteiger partial charge is 0.336 e. The smallest absolute Gasteiger partial charge is 0.321 e. The molecule has 2 aliphatic rings. The van der Waals surface area contributed by atoms with Gasteiger partial charge in [-0.2, -0.15) is 0 Å². The van der Waals surface area contributed by atoms with Crippen molar-refractivity contribution >= 4 is 35.3 Å². The number of rotatable bonds is 4. The number of nitrogens with zero attached hydrogens (tertiary/aromatic N) is 3. The summed E-state index contributed by atoms with van der Waals surface area (Å²) in [5, 5.41) is 2.74. The Morgan fingerprint density at radius 1 is 0.875 bits per heavy atom. The first-order chi connectivity index (χ1) is 15.5. The minimum Gasteiger partial charge on any atom is -0.336 e. The quantitative estimate of drug-likeness (QED) is 0.748. The fourth-order valence-corrected chi connectivity index (χ4v) is 3.83. The van der Waals surface area contributed by atoms with Crippen molar-refractivity contribution in [2.75, 3.05) is 42.9 Å². The van der Waals surface area contributed by atoms with Crippen molar-refractivity contribution in [3.8, 4) is 0 Å². The molecule has 2 aliphatic heterocycles. The Morgan fingerprint density at radius 3 is 2.16 bits per heavy atom. The molecule has 1 N–H and O–H groups in total. The summed E-state index contributed by atoms with van der Waals surface area (Å²) in [4.78, 5) is 41.8. The molecule has 2 aromatic rings. The van der Waals surface area contributed by atoms with Gasteiger partial charge in [-0.05, 0) is 54.5 Å². The molecule has 0 spiro atoms. The van der Waals surface area contributed by atoms with E-state index in [9.17, 15) is 18.8 Å². The highest BCUT2D eigenvalue weighted by atomic mass is 19.1. The third-order valence-corrected chi connectivity index (χ3v) is 5.67. The summed E-state index contributed by atoms with van der Waals surface area (Å²) in [7, 11) is 0. The van der Waals surface area contributed by atoms with Gasteiger partial charge in [0.05, 0.1) is 0 Å². The van der Waals surface area contributed by atoms with Crippen molar-refractivity contribution in [1.29, 1.82) is 0 Å². The zero-order valence-electron chi connectivity index (χ0n) is 17.7. The number of amides is 4. The Hall–Kier alpha value is -3.68. The fourth-order valence-electron chi connectivity index (χ4n) is 3.83. The Labute approximate surface area is 186 Å². The van der Waals surface area contributed by atoms with Crippen molar-refractivity contribution in [2.45, 2.75) is 12.8 Å². The molecule has 0 atom stereocenters. The SMILES string of the molecule is O=C(/C=C/c1ccc(N2CCCC2=O)cc1)N1CCN(C(=O)Nc2ccc(F)cc2)CC1. The summed E-state index contributed by atoms with van der Waals surface area (Å²) in [6.07, 6.45) is 4.77. The fraction of sp³-hybridized carbons (Fsp3) is 0.292. The van der Waals surface area contributed by atoms with Gasteiger partial charge >= 0.3 is 6.03 Å². The lowest BCUT2D eigenvalue weighted by Gasteiger charge is -2.34. The van der Waals surface area contributed by atoms with Crippen LogP contribution in [0.1, 0.15) is 18.4 Å². The zero-order chi connectivity index (χ0) is 22.5. The number of urea groups is 1. The Kier molecular flexibility index (Phi) is 6.49. The van der Waals surface area contributed by atoms with Gasteiger partial charge in [0, 0.05) is 56.6 Å². The molecule has 2 saturated heterocycles. The van der Waals surface area contributed by atoms with Crippen LogP contribution in [-0.2, 0) is 9.59 Å². The Morgan fingerprint density at radius 2 is 1.53 bits per heavy atom.